The molecule has 0 saturated carbocycles. The molecule has 128 heavy (non-hydrogen) atoms. The first-order valence-electron chi connectivity index (χ1n) is 41.0. The van der Waals surface area contributed by atoms with E-state index >= 15 is 0 Å². The first kappa shape index (κ1) is 105. The fourth-order valence-corrected chi connectivity index (χ4v) is 16.6. The van der Waals surface area contributed by atoms with Crippen LogP contribution in [-0.2, 0) is 119 Å². The summed E-state index contributed by atoms with van der Waals surface area (Å²) in [5.74, 6) is -5.41. The Morgan fingerprint density at radius 1 is 0.219 bits per heavy atom. The molecule has 0 aromatic carbocycles. The average Bonchev–Trinajstić information content (AvgIpc) is 0.764. The molecule has 0 bridgehead atoms. The van der Waals surface area contributed by atoms with E-state index < -0.39 is 402 Å². The molecule has 10 aliphatic rings. The van der Waals surface area contributed by atoms with Gasteiger partial charge in [0, 0.05) is 41.5 Å². The summed E-state index contributed by atoms with van der Waals surface area (Å²) >= 11 is 0. The fourth-order valence-electron chi connectivity index (χ4n) is 16.6. The quantitative estimate of drug-likeness (QED) is 0.0290. The van der Waals surface area contributed by atoms with E-state index in [9.17, 15) is 156 Å². The number of rotatable bonds is 33. The second kappa shape index (κ2) is 46.1. The highest BCUT2D eigenvalue weighted by Gasteiger charge is 2.62. The Morgan fingerprint density at radius 3 is 0.852 bits per heavy atom. The molecule has 10 heterocycles. The summed E-state index contributed by atoms with van der Waals surface area (Å²) in [5.41, 5.74) is 0. The van der Waals surface area contributed by atoms with Crippen molar-refractivity contribution in [1.82, 2.24) is 31.9 Å². The van der Waals surface area contributed by atoms with E-state index in [2.05, 4.69) is 31.9 Å². The van der Waals surface area contributed by atoms with E-state index in [1.54, 1.807) is 0 Å². The molecular weight excluding hydrogens is 1750 g/mol. The Kier molecular flexibility index (Phi) is 37.8. The van der Waals surface area contributed by atoms with E-state index in [1.807, 2.05) is 0 Å². The second-order valence-electron chi connectivity index (χ2n) is 32.5. The van der Waals surface area contributed by atoms with Gasteiger partial charge in [0.1, 0.15) is 238 Å². The van der Waals surface area contributed by atoms with Crippen molar-refractivity contribution in [2.24, 2.45) is 0 Å². The van der Waals surface area contributed by atoms with E-state index in [4.69, 9.17) is 90.0 Å². The van der Waals surface area contributed by atoms with Gasteiger partial charge >= 0.3 is 0 Å². The number of hydrogen-bond donors (Lipinski definition) is 31. The summed E-state index contributed by atoms with van der Waals surface area (Å²) < 4.78 is 114. The first-order valence-corrected chi connectivity index (χ1v) is 41.0. The Balaban J connectivity index is 0.993. The van der Waals surface area contributed by atoms with E-state index in [-0.39, 0.29) is 0 Å². The number of ether oxygens (including phenoxy) is 19. The van der Waals surface area contributed by atoms with Crippen molar-refractivity contribution in [1.29, 1.82) is 0 Å². The number of aliphatic hydroxyl groups excluding tert-OH is 25. The lowest BCUT2D eigenvalue weighted by atomic mass is 9.93. The van der Waals surface area contributed by atoms with Gasteiger partial charge in [-0.05, 0) is 6.92 Å². The minimum absolute atomic E-state index is 0.812. The van der Waals surface area contributed by atoms with Gasteiger partial charge in [-0.3, -0.25) is 28.8 Å². The average molecular weight is 1870 g/mol. The van der Waals surface area contributed by atoms with Gasteiger partial charge < -0.3 is 250 Å². The lowest BCUT2D eigenvalue weighted by Gasteiger charge is -2.51. The SMILES string of the molecule is CC(=O)N[C@@H]1[C@H](O[C@@H]2[C@@H](O[C@@H]3[C@H](O)[C@H](O[C@H]4[C@H](O)[C@@H](NC(C)=O)[C@H](O[C@H]5[C@H](O)[C@@H](NC(C)=O)C(O)O[C@@H]5CO[C@H]5O[C@H](C)[C@H](O)[C@H](O)[C@H]5O)O[C@@H]4CO)O[C@H](CO[C@H]4O[C@H](CO)[C@@H](O)[C@H](O)[C@@H]4O[C@@H]4O[C@H](CO)[C@@H](O[C@@H]5O[C@H](CO)[C@H](O)[C@H](O)[C@H]5NC(C)=O)[C@H](O)[C@H]4NC(C)=O)[C@H]3O)O[C@H](CO)[C@@H](O)[C@@H]2O)O[C@H](CO)[C@@H](O[C@@H]2O[C@H](CO)[C@H](O)[C@H](O)[C@H]2NC(C)=O)[C@@H]1O. The van der Waals surface area contributed by atoms with E-state index in [1.165, 1.54) is 6.92 Å². The van der Waals surface area contributed by atoms with Crippen LogP contribution in [0.4, 0.5) is 0 Å². The van der Waals surface area contributed by atoms with Crippen LogP contribution in [0.2, 0.25) is 0 Å². The highest BCUT2D eigenvalue weighted by Crippen LogP contribution is 2.41. The van der Waals surface area contributed by atoms with Gasteiger partial charge in [-0.15, -0.1) is 0 Å². The number of nitrogens with one attached hydrogen (secondary N) is 6. The number of aliphatic hydroxyl groups is 25. The second-order valence-corrected chi connectivity index (χ2v) is 32.5. The Hall–Kier alpha value is -4.94. The Labute approximate surface area is 726 Å². The van der Waals surface area contributed by atoms with Gasteiger partial charge in [-0.1, -0.05) is 0 Å². The molecule has 0 aromatic rings. The number of carbonyl (C=O) groups is 6. The third-order valence-electron chi connectivity index (χ3n) is 23.2. The van der Waals surface area contributed by atoms with Crippen molar-refractivity contribution in [2.45, 2.75) is 355 Å². The van der Waals surface area contributed by atoms with Crippen LogP contribution in [0.1, 0.15) is 48.5 Å². The molecule has 50 atom stereocenters. The molecule has 738 valence electrons. The molecule has 0 aliphatic carbocycles. The van der Waals surface area contributed by atoms with Crippen molar-refractivity contribution >= 4 is 35.4 Å². The lowest BCUT2D eigenvalue weighted by Crippen LogP contribution is -2.71. The van der Waals surface area contributed by atoms with Gasteiger partial charge in [0.25, 0.3) is 0 Å². The van der Waals surface area contributed by atoms with Crippen LogP contribution < -0.4 is 31.9 Å². The van der Waals surface area contributed by atoms with Gasteiger partial charge in [-0.25, -0.2) is 0 Å². The summed E-state index contributed by atoms with van der Waals surface area (Å²) in [5, 5.41) is 297. The van der Waals surface area contributed by atoms with Crippen LogP contribution in [0.15, 0.2) is 0 Å². The molecule has 10 saturated heterocycles. The van der Waals surface area contributed by atoms with Crippen LogP contribution in [0.3, 0.4) is 0 Å². The molecule has 10 aliphatic heterocycles. The van der Waals surface area contributed by atoms with Crippen molar-refractivity contribution in [3.05, 3.63) is 0 Å². The minimum Gasteiger partial charge on any atom is -0.394 e. The molecule has 0 radical (unpaired) electrons. The topological polar surface area (TPSA) is 856 Å². The highest BCUT2D eigenvalue weighted by atomic mass is 16.8. The zero-order valence-electron chi connectivity index (χ0n) is 69.6. The summed E-state index contributed by atoms with van der Waals surface area (Å²) in [4.78, 5) is 76.8. The highest BCUT2D eigenvalue weighted by molar-refractivity contribution is 5.75. The maximum absolute atomic E-state index is 13.3. The molecule has 0 spiro atoms. The smallest absolute Gasteiger partial charge is 0.217 e. The maximum atomic E-state index is 13.3. The standard InChI is InChI=1S/C72H120N6O50/c1-17-39(92)51(104)54(107)69(112-17)110-16-32-59(47(100)33(63(109)113-32)73-18(2)86)124-66-36(76-21(5)89)50(103)58(30(14-85)118-66)125-70-55(108)60(126-72-62(53(106)43(96)27(11-82)117-72)128-68-38(78-23(7)91)49(102)57(29(13-84)120-68)123-65-35(75-20(4)88)46(99)41(94)25(9-80)115-65)44(97)31(121-70)15-111-71-61(52(105)42(95)26(10-81)116-71)127-67-37(77-22(6)90)48(101)56(28(12-83)119-67)122-64-34(74-19(3)87)45(98)40(93)24(8-79)114-64/h17,24-72,79-85,92-109H,8-16H2,1-7H3,(H,73,86)(H,74,87)(H,75,88)(H,76,89)(H,77,90)(H,78,91)/t17-,24-,25-,26-,27-,28-,29-,30-,31-,32-,33-,34-,35-,36-,37-,38+,39+,40+,41+,42-,43-,44-,45-,46-,47-,48-,49-,50-,51+,52+,53+,54-,55+,56-,57-,58-,59-,60+,61+,62+,63?,64+,65+,66+,67+,68+,69+,70+,71+,72-/m1/s1. The molecule has 10 fully saturated rings. The van der Waals surface area contributed by atoms with Crippen molar-refractivity contribution < 1.29 is 246 Å². The Morgan fingerprint density at radius 2 is 0.484 bits per heavy atom. The minimum atomic E-state index is -2.64. The molecule has 6 amide bonds. The summed E-state index contributed by atoms with van der Waals surface area (Å²) in [6.45, 7) is -2.88. The number of hydrogen-bond acceptors (Lipinski definition) is 50. The zero-order chi connectivity index (χ0) is 94.4. The number of amides is 6. The summed E-state index contributed by atoms with van der Waals surface area (Å²) in [6.07, 6.45) is -90.9. The van der Waals surface area contributed by atoms with Crippen LogP contribution in [-0.4, -0.2) is 529 Å². The molecule has 31 N–H and O–H groups in total. The lowest BCUT2D eigenvalue weighted by molar-refractivity contribution is -0.398. The molecular formula is C72H120N6O50. The van der Waals surface area contributed by atoms with Crippen LogP contribution >= 0.6 is 0 Å². The van der Waals surface area contributed by atoms with E-state index in [0.717, 1.165) is 41.5 Å². The van der Waals surface area contributed by atoms with Crippen molar-refractivity contribution in [3.63, 3.8) is 0 Å². The van der Waals surface area contributed by atoms with Crippen LogP contribution in [0, 0.1) is 0 Å². The first-order chi connectivity index (χ1) is 60.5. The van der Waals surface area contributed by atoms with Gasteiger partial charge in [-0.2, -0.15) is 0 Å². The van der Waals surface area contributed by atoms with Crippen molar-refractivity contribution in [3.8, 4) is 0 Å². The molecule has 56 heteroatoms. The fraction of sp³-hybridized carbons (Fsp3) is 0.917. The summed E-state index contributed by atoms with van der Waals surface area (Å²) in [6, 6.07) is -11.1. The predicted octanol–water partition coefficient (Wildman–Crippen LogP) is -20.9. The van der Waals surface area contributed by atoms with E-state index in [0.29, 0.717) is 0 Å². The molecule has 56 nitrogen and oxygen atoms in total. The largest absolute Gasteiger partial charge is 0.394 e. The Bertz CT molecular complexity index is 3550. The monoisotopic (exact) mass is 1870 g/mol. The predicted molar refractivity (Wildman–Crippen MR) is 398 cm³/mol. The van der Waals surface area contributed by atoms with Gasteiger partial charge in [0.2, 0.25) is 35.4 Å². The summed E-state index contributed by atoms with van der Waals surface area (Å²) in [7, 11) is 0. The molecule has 1 unspecified atom stereocenters. The third kappa shape index (κ3) is 23.8. The molecule has 0 aromatic heterocycles. The molecule has 10 rings (SSSR count). The normalized spacial score (nSPS) is 47.8. The third-order valence-corrected chi connectivity index (χ3v) is 23.2. The van der Waals surface area contributed by atoms with Gasteiger partial charge in [0.05, 0.1) is 65.6 Å². The van der Waals surface area contributed by atoms with Gasteiger partial charge in [0.15, 0.2) is 62.9 Å². The maximum Gasteiger partial charge on any atom is 0.217 e. The van der Waals surface area contributed by atoms with Crippen LogP contribution in [0.25, 0.3) is 0 Å². The van der Waals surface area contributed by atoms with Crippen LogP contribution in [0.5, 0.6) is 0 Å². The number of carbonyl (C=O) groups excluding carboxylic acids is 6. The zero-order valence-corrected chi connectivity index (χ0v) is 69.6. The van der Waals surface area contributed by atoms with Crippen molar-refractivity contribution in [2.75, 3.05) is 59.5 Å².